The molecule has 0 amide bonds. The average Bonchev–Trinajstić information content (AvgIpc) is 2.49. The topological polar surface area (TPSA) is 27.7 Å². The number of ether oxygens (including phenoxy) is 3. The molecule has 5 heteroatoms. The van der Waals surface area contributed by atoms with E-state index in [9.17, 15) is 0 Å². The van der Waals surface area contributed by atoms with E-state index < -0.39 is 0 Å². The highest BCUT2D eigenvalue weighted by molar-refractivity contribution is 8.22. The summed E-state index contributed by atoms with van der Waals surface area (Å²) < 4.78 is 17.4. The maximum absolute atomic E-state index is 5.89. The Bertz CT molecular complexity index is 471. The van der Waals surface area contributed by atoms with E-state index in [2.05, 4.69) is 25.1 Å². The molecule has 3 nitrogen and oxygen atoms in total. The van der Waals surface area contributed by atoms with Gasteiger partial charge in [0.05, 0.1) is 13.2 Å². The van der Waals surface area contributed by atoms with E-state index in [1.54, 1.807) is 0 Å². The van der Waals surface area contributed by atoms with Gasteiger partial charge in [0.25, 0.3) is 0 Å². The van der Waals surface area contributed by atoms with Crippen LogP contribution in [0.2, 0.25) is 0 Å². The van der Waals surface area contributed by atoms with Gasteiger partial charge in [-0.05, 0) is 68.7 Å². The summed E-state index contributed by atoms with van der Waals surface area (Å²) in [5, 5.41) is 0. The molecule has 1 heterocycles. The molecule has 1 fully saturated rings. The molecule has 1 aromatic carbocycles. The van der Waals surface area contributed by atoms with Crippen LogP contribution in [0.15, 0.2) is 23.1 Å². The van der Waals surface area contributed by atoms with Gasteiger partial charge in [0.15, 0.2) is 6.29 Å². The fourth-order valence-electron chi connectivity index (χ4n) is 2.18. The molecule has 1 aliphatic rings. The van der Waals surface area contributed by atoms with Crippen LogP contribution in [0.4, 0.5) is 0 Å². The summed E-state index contributed by atoms with van der Waals surface area (Å²) in [5.41, 5.74) is 2.35. The zero-order valence-corrected chi connectivity index (χ0v) is 14.2. The Hall–Kier alpha value is -0.620. The lowest BCUT2D eigenvalue weighted by molar-refractivity contribution is -0.169. The normalized spacial score (nSPS) is 18.5. The van der Waals surface area contributed by atoms with E-state index in [0.717, 1.165) is 29.9 Å². The SMILES string of the molecule is CCOC(=S)Sc1ccc(C)cc1COC1CCCCO1. The second kappa shape index (κ2) is 8.73. The van der Waals surface area contributed by atoms with Crippen molar-refractivity contribution >= 4 is 28.4 Å². The van der Waals surface area contributed by atoms with Gasteiger partial charge in [-0.15, -0.1) is 0 Å². The molecule has 2 rings (SSSR count). The molecule has 0 N–H and O–H groups in total. The minimum absolute atomic E-state index is 0.0732. The van der Waals surface area contributed by atoms with E-state index >= 15 is 0 Å². The Kier molecular flexibility index (Phi) is 6.96. The molecule has 1 saturated heterocycles. The monoisotopic (exact) mass is 326 g/mol. The van der Waals surface area contributed by atoms with Gasteiger partial charge < -0.3 is 14.2 Å². The minimum Gasteiger partial charge on any atom is -0.479 e. The van der Waals surface area contributed by atoms with Crippen LogP contribution in [-0.2, 0) is 20.8 Å². The molecule has 1 unspecified atom stereocenters. The van der Waals surface area contributed by atoms with Gasteiger partial charge in [-0.2, -0.15) is 0 Å². The molecular weight excluding hydrogens is 304 g/mol. The first-order valence-electron chi connectivity index (χ1n) is 7.36. The molecule has 1 atom stereocenters. The number of rotatable bonds is 5. The van der Waals surface area contributed by atoms with Crippen LogP contribution in [0.1, 0.15) is 37.3 Å². The summed E-state index contributed by atoms with van der Waals surface area (Å²) >= 11 is 6.69. The van der Waals surface area contributed by atoms with Crippen LogP contribution in [0.25, 0.3) is 0 Å². The molecule has 0 saturated carbocycles. The summed E-state index contributed by atoms with van der Waals surface area (Å²) in [5.74, 6) is 0. The summed E-state index contributed by atoms with van der Waals surface area (Å²) in [6.07, 6.45) is 3.21. The molecule has 0 spiro atoms. The van der Waals surface area contributed by atoms with Gasteiger partial charge in [0.2, 0.25) is 4.38 Å². The molecule has 1 aliphatic heterocycles. The largest absolute Gasteiger partial charge is 0.479 e. The van der Waals surface area contributed by atoms with Crippen LogP contribution >= 0.6 is 24.0 Å². The molecule has 21 heavy (non-hydrogen) atoms. The third-order valence-electron chi connectivity index (χ3n) is 3.23. The maximum Gasteiger partial charge on any atom is 0.224 e. The van der Waals surface area contributed by atoms with Crippen LogP contribution in [0.5, 0.6) is 0 Å². The molecule has 0 bridgehead atoms. The molecule has 1 aromatic rings. The smallest absolute Gasteiger partial charge is 0.224 e. The zero-order valence-electron chi connectivity index (χ0n) is 12.6. The number of hydrogen-bond acceptors (Lipinski definition) is 5. The van der Waals surface area contributed by atoms with E-state index in [4.69, 9.17) is 26.4 Å². The van der Waals surface area contributed by atoms with Crippen LogP contribution in [-0.4, -0.2) is 23.9 Å². The van der Waals surface area contributed by atoms with Gasteiger partial charge in [0.1, 0.15) is 0 Å². The lowest BCUT2D eigenvalue weighted by Gasteiger charge is -2.23. The Balaban J connectivity index is 1.98. The van der Waals surface area contributed by atoms with Crippen molar-refractivity contribution in [3.8, 4) is 0 Å². The number of thioether (sulfide) groups is 1. The average molecular weight is 326 g/mol. The highest BCUT2D eigenvalue weighted by Gasteiger charge is 2.15. The van der Waals surface area contributed by atoms with Crippen molar-refractivity contribution in [1.29, 1.82) is 0 Å². The zero-order chi connectivity index (χ0) is 15.1. The van der Waals surface area contributed by atoms with Crippen molar-refractivity contribution in [2.75, 3.05) is 13.2 Å². The molecule has 116 valence electrons. The predicted molar refractivity (Wildman–Crippen MR) is 89.6 cm³/mol. The summed E-state index contributed by atoms with van der Waals surface area (Å²) in [6.45, 7) is 5.96. The van der Waals surface area contributed by atoms with Crippen molar-refractivity contribution in [1.82, 2.24) is 0 Å². The van der Waals surface area contributed by atoms with Gasteiger partial charge in [-0.1, -0.05) is 17.7 Å². The third kappa shape index (κ3) is 5.58. The van der Waals surface area contributed by atoms with Crippen LogP contribution in [0.3, 0.4) is 0 Å². The fourth-order valence-corrected chi connectivity index (χ4v) is 3.31. The van der Waals surface area contributed by atoms with Crippen molar-refractivity contribution < 1.29 is 14.2 Å². The van der Waals surface area contributed by atoms with E-state index in [-0.39, 0.29) is 6.29 Å². The summed E-state index contributed by atoms with van der Waals surface area (Å²) in [7, 11) is 0. The first-order valence-corrected chi connectivity index (χ1v) is 8.59. The van der Waals surface area contributed by atoms with Gasteiger partial charge >= 0.3 is 0 Å². The fraction of sp³-hybridized carbons (Fsp3) is 0.562. The van der Waals surface area contributed by atoms with Gasteiger partial charge in [0, 0.05) is 11.5 Å². The highest BCUT2D eigenvalue weighted by Crippen LogP contribution is 2.27. The molecule has 0 radical (unpaired) electrons. The second-order valence-electron chi connectivity index (χ2n) is 5.00. The Morgan fingerprint density at radius 3 is 3.00 bits per heavy atom. The highest BCUT2D eigenvalue weighted by atomic mass is 32.2. The predicted octanol–water partition coefficient (Wildman–Crippen LogP) is 4.45. The lowest BCUT2D eigenvalue weighted by atomic mass is 10.1. The van der Waals surface area contributed by atoms with E-state index in [1.165, 1.54) is 23.7 Å². The van der Waals surface area contributed by atoms with Crippen molar-refractivity contribution in [2.24, 2.45) is 0 Å². The maximum atomic E-state index is 5.89. The summed E-state index contributed by atoms with van der Waals surface area (Å²) in [4.78, 5) is 1.09. The second-order valence-corrected chi connectivity index (χ2v) is 6.65. The first-order chi connectivity index (χ1) is 10.2. The van der Waals surface area contributed by atoms with Crippen molar-refractivity contribution in [3.63, 3.8) is 0 Å². The number of hydrogen-bond donors (Lipinski definition) is 0. The van der Waals surface area contributed by atoms with Crippen molar-refractivity contribution in [3.05, 3.63) is 29.3 Å². The standard InChI is InChI=1S/C16H22O3S2/c1-3-17-16(20)21-14-8-7-12(2)10-13(14)11-19-15-6-4-5-9-18-15/h7-8,10,15H,3-6,9,11H2,1-2H3. The first kappa shape index (κ1) is 16.7. The molecular formula is C16H22O3S2. The number of aryl methyl sites for hydroxylation is 1. The van der Waals surface area contributed by atoms with E-state index in [0.29, 0.717) is 17.6 Å². The Labute approximate surface area is 136 Å². The quantitative estimate of drug-likeness (QED) is 0.588. The van der Waals surface area contributed by atoms with Gasteiger partial charge in [-0.25, -0.2) is 0 Å². The minimum atomic E-state index is -0.0732. The third-order valence-corrected chi connectivity index (χ3v) is 4.50. The lowest BCUT2D eigenvalue weighted by Crippen LogP contribution is -2.22. The van der Waals surface area contributed by atoms with Crippen LogP contribution in [0, 0.1) is 6.92 Å². The van der Waals surface area contributed by atoms with Crippen LogP contribution < -0.4 is 0 Å². The molecule has 0 aliphatic carbocycles. The molecule has 0 aromatic heterocycles. The van der Waals surface area contributed by atoms with E-state index in [1.807, 2.05) is 6.92 Å². The number of benzene rings is 1. The number of thiocarbonyl (C=S) groups is 1. The Morgan fingerprint density at radius 2 is 2.29 bits per heavy atom. The Morgan fingerprint density at radius 1 is 1.43 bits per heavy atom. The summed E-state index contributed by atoms with van der Waals surface area (Å²) in [6, 6.07) is 6.29. The van der Waals surface area contributed by atoms with Gasteiger partial charge in [-0.3, -0.25) is 0 Å². The van der Waals surface area contributed by atoms with Crippen molar-refractivity contribution in [2.45, 2.75) is 50.9 Å².